The van der Waals surface area contributed by atoms with Crippen molar-refractivity contribution in [1.82, 2.24) is 14.7 Å². The molecule has 0 amide bonds. The van der Waals surface area contributed by atoms with Crippen LogP contribution in [0.1, 0.15) is 6.42 Å². The predicted molar refractivity (Wildman–Crippen MR) is 80.6 cm³/mol. The quantitative estimate of drug-likeness (QED) is 0.765. The molecule has 5 heteroatoms. The number of hydrogen-bond acceptors (Lipinski definition) is 3. The SMILES string of the molecule is Cn1nccc1-c1cc([As])ccc1OCCN1CCC1. The third-order valence-electron chi connectivity index (χ3n) is 3.67. The van der Waals surface area contributed by atoms with Gasteiger partial charge in [0.05, 0.1) is 0 Å². The molecular formula is C15H18AsN3O. The van der Waals surface area contributed by atoms with Gasteiger partial charge in [0, 0.05) is 0 Å². The van der Waals surface area contributed by atoms with Crippen molar-refractivity contribution >= 4 is 21.2 Å². The number of hydrogen-bond donors (Lipinski definition) is 0. The molecule has 2 radical (unpaired) electrons. The van der Waals surface area contributed by atoms with Gasteiger partial charge in [-0.25, -0.2) is 0 Å². The minimum absolute atomic E-state index is 0.739. The van der Waals surface area contributed by atoms with Crippen LogP contribution < -0.4 is 9.09 Å². The Balaban J connectivity index is 1.77. The standard InChI is InChI=1S/C15H18AsN3O/c1-18-14(5-6-17-18)13-11-12(16)3-4-15(13)20-10-9-19-7-2-8-19/h3-6,11H,2,7-10H2,1H3. The van der Waals surface area contributed by atoms with Crippen LogP contribution in [-0.4, -0.2) is 57.8 Å². The summed E-state index contributed by atoms with van der Waals surface area (Å²) in [5.74, 6) is 0.934. The van der Waals surface area contributed by atoms with Gasteiger partial charge in [0.2, 0.25) is 0 Å². The fourth-order valence-corrected chi connectivity index (χ4v) is 2.80. The van der Waals surface area contributed by atoms with Crippen molar-refractivity contribution < 1.29 is 4.74 Å². The summed E-state index contributed by atoms with van der Waals surface area (Å²) in [7, 11) is 1.95. The second-order valence-electron chi connectivity index (χ2n) is 5.06. The van der Waals surface area contributed by atoms with Gasteiger partial charge in [-0.15, -0.1) is 0 Å². The summed E-state index contributed by atoms with van der Waals surface area (Å²) < 4.78 is 9.04. The Bertz CT molecular complexity index is 593. The van der Waals surface area contributed by atoms with E-state index in [0.29, 0.717) is 0 Å². The van der Waals surface area contributed by atoms with Crippen molar-refractivity contribution in [2.75, 3.05) is 26.2 Å². The molecule has 2 aromatic rings. The number of aryl methyl sites for hydroxylation is 1. The first-order chi connectivity index (χ1) is 9.74. The van der Waals surface area contributed by atoms with Crippen LogP contribution in [0.2, 0.25) is 0 Å². The Morgan fingerprint density at radius 2 is 2.15 bits per heavy atom. The molecule has 0 aliphatic carbocycles. The summed E-state index contributed by atoms with van der Waals surface area (Å²) in [6, 6.07) is 8.27. The fourth-order valence-electron chi connectivity index (χ4n) is 2.37. The van der Waals surface area contributed by atoms with Crippen molar-refractivity contribution in [3.8, 4) is 17.0 Å². The predicted octanol–water partition coefficient (Wildman–Crippen LogP) is 0.965. The van der Waals surface area contributed by atoms with Crippen molar-refractivity contribution in [3.63, 3.8) is 0 Å². The van der Waals surface area contributed by atoms with E-state index < -0.39 is 0 Å². The van der Waals surface area contributed by atoms with Gasteiger partial charge in [-0.3, -0.25) is 0 Å². The number of ether oxygens (including phenoxy) is 1. The summed E-state index contributed by atoms with van der Waals surface area (Å²) in [5.41, 5.74) is 2.18. The van der Waals surface area contributed by atoms with Crippen LogP contribution in [0.4, 0.5) is 0 Å². The summed E-state index contributed by atoms with van der Waals surface area (Å²) >= 11 is 2.58. The molecule has 3 rings (SSSR count). The van der Waals surface area contributed by atoms with E-state index in [1.165, 1.54) is 23.9 Å². The topological polar surface area (TPSA) is 30.3 Å². The maximum absolute atomic E-state index is 5.99. The van der Waals surface area contributed by atoms with E-state index in [0.717, 1.165) is 30.2 Å². The monoisotopic (exact) mass is 331 g/mol. The van der Waals surface area contributed by atoms with Crippen LogP contribution in [0.3, 0.4) is 0 Å². The molecule has 20 heavy (non-hydrogen) atoms. The Hall–Kier alpha value is -1.25. The molecule has 0 N–H and O–H groups in total. The number of likely N-dealkylation sites (tertiary alicyclic amines) is 1. The Morgan fingerprint density at radius 1 is 1.30 bits per heavy atom. The molecule has 4 nitrogen and oxygen atoms in total. The van der Waals surface area contributed by atoms with Gasteiger partial charge in [-0.05, 0) is 0 Å². The van der Waals surface area contributed by atoms with Gasteiger partial charge in [-0.1, -0.05) is 0 Å². The molecule has 104 valence electrons. The molecule has 1 fully saturated rings. The van der Waals surface area contributed by atoms with Crippen LogP contribution in [-0.2, 0) is 7.05 Å². The normalized spacial score (nSPS) is 15.1. The second-order valence-corrected chi connectivity index (χ2v) is 6.15. The first kappa shape index (κ1) is 13.7. The van der Waals surface area contributed by atoms with Gasteiger partial charge in [-0.2, -0.15) is 0 Å². The Labute approximate surface area is 128 Å². The Kier molecular flexibility index (Phi) is 4.13. The molecule has 0 spiro atoms. The minimum atomic E-state index is 0.739. The van der Waals surface area contributed by atoms with Crippen LogP contribution in [0.5, 0.6) is 5.75 Å². The number of rotatable bonds is 5. The Morgan fingerprint density at radius 3 is 2.80 bits per heavy atom. The maximum atomic E-state index is 5.99. The fraction of sp³-hybridized carbons (Fsp3) is 0.400. The van der Waals surface area contributed by atoms with Gasteiger partial charge in [0.25, 0.3) is 0 Å². The van der Waals surface area contributed by atoms with Crippen molar-refractivity contribution in [3.05, 3.63) is 30.5 Å². The first-order valence-corrected chi connectivity index (χ1v) is 7.84. The van der Waals surface area contributed by atoms with E-state index in [-0.39, 0.29) is 0 Å². The first-order valence-electron chi connectivity index (χ1n) is 6.90. The van der Waals surface area contributed by atoms with Gasteiger partial charge >= 0.3 is 128 Å². The molecule has 0 saturated carbocycles. The molecule has 0 unspecified atom stereocenters. The van der Waals surface area contributed by atoms with Crippen molar-refractivity contribution in [1.29, 1.82) is 0 Å². The molecule has 1 aliphatic heterocycles. The molecule has 1 aliphatic rings. The van der Waals surface area contributed by atoms with Crippen LogP contribution in [0.15, 0.2) is 30.5 Å². The zero-order valence-electron chi connectivity index (χ0n) is 11.6. The van der Waals surface area contributed by atoms with Crippen molar-refractivity contribution in [2.24, 2.45) is 7.05 Å². The zero-order valence-corrected chi connectivity index (χ0v) is 13.5. The number of benzene rings is 1. The molecule has 0 bridgehead atoms. The third kappa shape index (κ3) is 2.92. The van der Waals surface area contributed by atoms with Crippen LogP contribution >= 0.6 is 0 Å². The molecule has 1 saturated heterocycles. The molecule has 2 heterocycles. The molecule has 1 aromatic carbocycles. The average molecular weight is 331 g/mol. The van der Waals surface area contributed by atoms with E-state index in [9.17, 15) is 0 Å². The van der Waals surface area contributed by atoms with Crippen LogP contribution in [0, 0.1) is 0 Å². The summed E-state index contributed by atoms with van der Waals surface area (Å²) in [5, 5.41) is 4.24. The zero-order chi connectivity index (χ0) is 13.9. The van der Waals surface area contributed by atoms with E-state index in [2.05, 4.69) is 39.0 Å². The van der Waals surface area contributed by atoms with Gasteiger partial charge < -0.3 is 0 Å². The van der Waals surface area contributed by atoms with Crippen LogP contribution in [0.25, 0.3) is 11.3 Å². The van der Waals surface area contributed by atoms with E-state index in [4.69, 9.17) is 4.74 Å². The van der Waals surface area contributed by atoms with Gasteiger partial charge in [0.1, 0.15) is 0 Å². The number of aromatic nitrogens is 2. The second kappa shape index (κ2) is 6.02. The summed E-state index contributed by atoms with van der Waals surface area (Å²) in [4.78, 5) is 2.41. The summed E-state index contributed by atoms with van der Waals surface area (Å²) in [6.07, 6.45) is 3.14. The van der Waals surface area contributed by atoms with E-state index >= 15 is 0 Å². The number of nitrogens with zero attached hydrogens (tertiary/aromatic N) is 3. The van der Waals surface area contributed by atoms with E-state index in [1.54, 1.807) is 0 Å². The van der Waals surface area contributed by atoms with Crippen molar-refractivity contribution in [2.45, 2.75) is 6.42 Å². The molecular weight excluding hydrogens is 313 g/mol. The molecule has 1 aromatic heterocycles. The van der Waals surface area contributed by atoms with Gasteiger partial charge in [0.15, 0.2) is 0 Å². The summed E-state index contributed by atoms with van der Waals surface area (Å²) in [6.45, 7) is 4.17. The third-order valence-corrected chi connectivity index (χ3v) is 4.26. The average Bonchev–Trinajstić information content (AvgIpc) is 2.80. The van der Waals surface area contributed by atoms with E-state index in [1.807, 2.05) is 30.1 Å². The molecule has 0 atom stereocenters.